The van der Waals surface area contributed by atoms with Crippen molar-refractivity contribution in [2.75, 3.05) is 6.61 Å². The Morgan fingerprint density at radius 1 is 1.25 bits per heavy atom. The minimum atomic E-state index is -1.02. The van der Waals surface area contributed by atoms with E-state index in [0.717, 1.165) is 11.0 Å². The summed E-state index contributed by atoms with van der Waals surface area (Å²) in [6, 6.07) is 6.91. The Labute approximate surface area is 91.6 Å². The molecule has 1 aromatic carbocycles. The van der Waals surface area contributed by atoms with Gasteiger partial charge in [0, 0.05) is 0 Å². The molecule has 1 aromatic heterocycles. The number of nitrogens with zero attached hydrogens (tertiary/aromatic N) is 2. The van der Waals surface area contributed by atoms with Gasteiger partial charge in [-0.05, 0) is 12.1 Å². The second-order valence-corrected chi connectivity index (χ2v) is 4.01. The Bertz CT molecular complexity index is 537. The molecule has 0 bridgehead atoms. The van der Waals surface area contributed by atoms with Crippen molar-refractivity contribution in [1.82, 2.24) is 9.55 Å². The van der Waals surface area contributed by atoms with Gasteiger partial charge in [-0.2, -0.15) is 0 Å². The highest BCUT2D eigenvalue weighted by molar-refractivity contribution is 5.76. The van der Waals surface area contributed by atoms with Crippen molar-refractivity contribution in [3.8, 4) is 0 Å². The molecule has 2 heterocycles. The topological polar surface area (TPSA) is 78.5 Å². The van der Waals surface area contributed by atoms with Crippen LogP contribution in [0.25, 0.3) is 11.0 Å². The van der Waals surface area contributed by atoms with Crippen molar-refractivity contribution in [1.29, 1.82) is 0 Å². The third kappa shape index (κ3) is 1.07. The fourth-order valence-electron chi connectivity index (χ4n) is 2.33. The van der Waals surface area contributed by atoms with Gasteiger partial charge in [-0.3, -0.25) is 0 Å². The van der Waals surface area contributed by atoms with Crippen molar-refractivity contribution in [3.05, 3.63) is 30.1 Å². The lowest BCUT2D eigenvalue weighted by Crippen LogP contribution is -2.23. The van der Waals surface area contributed by atoms with Crippen LogP contribution in [0, 0.1) is 0 Å². The molecule has 0 radical (unpaired) electrons. The van der Waals surface area contributed by atoms with E-state index in [1.165, 1.54) is 0 Å². The summed E-state index contributed by atoms with van der Waals surface area (Å²) in [6.45, 7) is -0.217. The molecule has 84 valence electrons. The molecule has 2 aromatic rings. The first-order valence-electron chi connectivity index (χ1n) is 5.18. The van der Waals surface area contributed by atoms with E-state index < -0.39 is 18.2 Å². The lowest BCUT2D eigenvalue weighted by atomic mass is 10.1. The number of benzene rings is 1. The zero-order valence-corrected chi connectivity index (χ0v) is 8.48. The number of hydrogen-bond donors (Lipinski definition) is 3. The Morgan fingerprint density at radius 3 is 2.75 bits per heavy atom. The molecule has 0 unspecified atom stereocenters. The highest BCUT2D eigenvalue weighted by atomic mass is 16.3. The zero-order valence-electron chi connectivity index (χ0n) is 8.48. The van der Waals surface area contributed by atoms with Crippen molar-refractivity contribution in [2.45, 2.75) is 18.2 Å². The van der Waals surface area contributed by atoms with Gasteiger partial charge >= 0.3 is 0 Å². The van der Waals surface area contributed by atoms with E-state index in [1.807, 2.05) is 24.3 Å². The summed E-state index contributed by atoms with van der Waals surface area (Å²) in [5.41, 5.74) is 1.59. The number of aromatic nitrogens is 2. The van der Waals surface area contributed by atoms with E-state index in [4.69, 9.17) is 0 Å². The standard InChI is InChI=1S/C11H12N2O3/c14-5-8-9(15)10(16)11-12-6-3-1-2-4-7(6)13(8)11/h1-4,8-10,14-16H,5H2/t8-,9+,10+/m0/s1. The summed E-state index contributed by atoms with van der Waals surface area (Å²) < 4.78 is 1.71. The predicted octanol–water partition coefficient (Wildman–Crippen LogP) is -0.0224. The van der Waals surface area contributed by atoms with Gasteiger partial charge in [-0.15, -0.1) is 0 Å². The summed E-state index contributed by atoms with van der Waals surface area (Å²) in [5.74, 6) is 0.424. The average Bonchev–Trinajstić information content (AvgIpc) is 2.78. The van der Waals surface area contributed by atoms with Crippen LogP contribution in [0.1, 0.15) is 18.0 Å². The summed E-state index contributed by atoms with van der Waals surface area (Å²) in [4.78, 5) is 4.26. The van der Waals surface area contributed by atoms with E-state index in [0.29, 0.717) is 5.82 Å². The van der Waals surface area contributed by atoms with Crippen LogP contribution in [0.15, 0.2) is 24.3 Å². The van der Waals surface area contributed by atoms with Crippen LogP contribution >= 0.6 is 0 Å². The van der Waals surface area contributed by atoms with Crippen molar-refractivity contribution in [3.63, 3.8) is 0 Å². The van der Waals surface area contributed by atoms with Crippen LogP contribution in [-0.2, 0) is 0 Å². The van der Waals surface area contributed by atoms with Crippen molar-refractivity contribution < 1.29 is 15.3 Å². The fraction of sp³-hybridized carbons (Fsp3) is 0.364. The van der Waals surface area contributed by atoms with Crippen LogP contribution in [0.4, 0.5) is 0 Å². The fourth-order valence-corrected chi connectivity index (χ4v) is 2.33. The maximum Gasteiger partial charge on any atom is 0.142 e. The molecule has 0 fully saturated rings. The molecule has 3 atom stereocenters. The number of fused-ring (bicyclic) bond motifs is 3. The highest BCUT2D eigenvalue weighted by Crippen LogP contribution is 2.37. The molecule has 0 amide bonds. The van der Waals surface area contributed by atoms with E-state index in [2.05, 4.69) is 4.98 Å². The zero-order chi connectivity index (χ0) is 11.3. The molecule has 5 nitrogen and oxygen atoms in total. The summed E-state index contributed by atoms with van der Waals surface area (Å²) >= 11 is 0. The minimum Gasteiger partial charge on any atom is -0.394 e. The molecule has 0 saturated carbocycles. The second-order valence-electron chi connectivity index (χ2n) is 4.01. The van der Waals surface area contributed by atoms with Gasteiger partial charge in [-0.25, -0.2) is 4.98 Å². The molecule has 16 heavy (non-hydrogen) atoms. The molecule has 0 aliphatic carbocycles. The SMILES string of the molecule is OC[C@H]1[C@@H](O)[C@@H](O)c2nc3ccccc3n21. The number of para-hydroxylation sites is 2. The Hall–Kier alpha value is -1.43. The largest absolute Gasteiger partial charge is 0.394 e. The molecule has 3 N–H and O–H groups in total. The van der Waals surface area contributed by atoms with E-state index >= 15 is 0 Å². The van der Waals surface area contributed by atoms with Crippen LogP contribution < -0.4 is 0 Å². The molecule has 0 spiro atoms. The molecule has 1 aliphatic heterocycles. The third-order valence-corrected chi connectivity index (χ3v) is 3.12. The van der Waals surface area contributed by atoms with Crippen molar-refractivity contribution in [2.24, 2.45) is 0 Å². The molecule has 3 rings (SSSR count). The maximum atomic E-state index is 9.81. The first-order chi connectivity index (χ1) is 7.74. The third-order valence-electron chi connectivity index (χ3n) is 3.12. The Kier molecular flexibility index (Phi) is 2.00. The van der Waals surface area contributed by atoms with Crippen LogP contribution in [0.5, 0.6) is 0 Å². The van der Waals surface area contributed by atoms with Crippen LogP contribution in [-0.4, -0.2) is 37.6 Å². The Balaban J connectivity index is 2.29. The highest BCUT2D eigenvalue weighted by Gasteiger charge is 2.40. The summed E-state index contributed by atoms with van der Waals surface area (Å²) in [6.07, 6.45) is -2.01. The monoisotopic (exact) mass is 220 g/mol. The number of aliphatic hydroxyl groups is 3. The Morgan fingerprint density at radius 2 is 2.00 bits per heavy atom. The van der Waals surface area contributed by atoms with Gasteiger partial charge in [0.15, 0.2) is 0 Å². The average molecular weight is 220 g/mol. The van der Waals surface area contributed by atoms with Gasteiger partial charge in [0.2, 0.25) is 0 Å². The lowest BCUT2D eigenvalue weighted by molar-refractivity contribution is -0.00135. The smallest absolute Gasteiger partial charge is 0.142 e. The van der Waals surface area contributed by atoms with E-state index in [-0.39, 0.29) is 6.61 Å². The molecule has 0 saturated heterocycles. The quantitative estimate of drug-likeness (QED) is 0.631. The number of imidazole rings is 1. The van der Waals surface area contributed by atoms with Gasteiger partial charge < -0.3 is 19.9 Å². The summed E-state index contributed by atoms with van der Waals surface area (Å²) in [5, 5.41) is 28.8. The maximum absolute atomic E-state index is 9.81. The first-order valence-corrected chi connectivity index (χ1v) is 5.18. The van der Waals surface area contributed by atoms with E-state index in [9.17, 15) is 15.3 Å². The predicted molar refractivity (Wildman–Crippen MR) is 56.8 cm³/mol. The first kappa shape index (κ1) is 9.77. The number of hydrogen-bond acceptors (Lipinski definition) is 4. The molecule has 1 aliphatic rings. The number of rotatable bonds is 1. The molecular formula is C11H12N2O3. The van der Waals surface area contributed by atoms with Gasteiger partial charge in [0.1, 0.15) is 18.0 Å². The summed E-state index contributed by atoms with van der Waals surface area (Å²) in [7, 11) is 0. The van der Waals surface area contributed by atoms with Crippen LogP contribution in [0.2, 0.25) is 0 Å². The van der Waals surface area contributed by atoms with Gasteiger partial charge in [0.25, 0.3) is 0 Å². The molecule has 5 heteroatoms. The van der Waals surface area contributed by atoms with Crippen molar-refractivity contribution >= 4 is 11.0 Å². The normalized spacial score (nSPS) is 28.6. The second kappa shape index (κ2) is 3.28. The lowest BCUT2D eigenvalue weighted by Gasteiger charge is -2.15. The minimum absolute atomic E-state index is 0.217. The molecular weight excluding hydrogens is 208 g/mol. The van der Waals surface area contributed by atoms with Gasteiger partial charge in [0.05, 0.1) is 23.7 Å². The number of aliphatic hydroxyl groups excluding tert-OH is 3. The van der Waals surface area contributed by atoms with Crippen LogP contribution in [0.3, 0.4) is 0 Å². The van der Waals surface area contributed by atoms with E-state index in [1.54, 1.807) is 4.57 Å². The van der Waals surface area contributed by atoms with Gasteiger partial charge in [-0.1, -0.05) is 12.1 Å².